The SMILES string of the molecule is ON=Cc1cccc(Oc2ccccc2)c1O. The number of hydrogen-bond acceptors (Lipinski definition) is 4. The summed E-state index contributed by atoms with van der Waals surface area (Å²) >= 11 is 0. The molecule has 4 nitrogen and oxygen atoms in total. The zero-order chi connectivity index (χ0) is 12.1. The standard InChI is InChI=1S/C13H11NO3/c15-13-10(9-14-16)5-4-8-12(13)17-11-6-2-1-3-7-11/h1-9,15-16H. The second-order valence-corrected chi connectivity index (χ2v) is 3.35. The normalized spacial score (nSPS) is 10.6. The Bertz CT molecular complexity index is 523. The average Bonchev–Trinajstić information content (AvgIpc) is 2.36. The number of oxime groups is 1. The second-order valence-electron chi connectivity index (χ2n) is 3.35. The summed E-state index contributed by atoms with van der Waals surface area (Å²) in [5.41, 5.74) is 0.390. The summed E-state index contributed by atoms with van der Waals surface area (Å²) in [6.07, 6.45) is 1.15. The summed E-state index contributed by atoms with van der Waals surface area (Å²) in [6.45, 7) is 0. The average molecular weight is 229 g/mol. The van der Waals surface area contributed by atoms with Crippen molar-refractivity contribution in [2.45, 2.75) is 0 Å². The van der Waals surface area contributed by atoms with Gasteiger partial charge in [-0.05, 0) is 24.3 Å². The third kappa shape index (κ3) is 2.55. The Morgan fingerprint density at radius 2 is 1.76 bits per heavy atom. The molecule has 0 aliphatic rings. The fraction of sp³-hybridized carbons (Fsp3) is 0. The van der Waals surface area contributed by atoms with Gasteiger partial charge in [-0.2, -0.15) is 0 Å². The summed E-state index contributed by atoms with van der Waals surface area (Å²) < 4.78 is 5.50. The van der Waals surface area contributed by atoms with Gasteiger partial charge in [0.05, 0.1) is 6.21 Å². The number of aromatic hydroxyl groups is 1. The van der Waals surface area contributed by atoms with Crippen LogP contribution in [0, 0.1) is 0 Å². The number of para-hydroxylation sites is 2. The topological polar surface area (TPSA) is 62.1 Å². The van der Waals surface area contributed by atoms with Crippen LogP contribution in [-0.2, 0) is 0 Å². The molecule has 0 saturated carbocycles. The lowest BCUT2D eigenvalue weighted by molar-refractivity contribution is 0.321. The van der Waals surface area contributed by atoms with Crippen LogP contribution in [0.2, 0.25) is 0 Å². The first-order chi connectivity index (χ1) is 8.31. The third-order valence-corrected chi connectivity index (χ3v) is 2.20. The second kappa shape index (κ2) is 5.03. The van der Waals surface area contributed by atoms with Gasteiger partial charge in [0.25, 0.3) is 0 Å². The van der Waals surface area contributed by atoms with Crippen LogP contribution in [0.15, 0.2) is 53.7 Å². The summed E-state index contributed by atoms with van der Waals surface area (Å²) in [4.78, 5) is 0. The van der Waals surface area contributed by atoms with E-state index in [-0.39, 0.29) is 5.75 Å². The van der Waals surface area contributed by atoms with Gasteiger partial charge >= 0.3 is 0 Å². The number of phenolic OH excluding ortho intramolecular Hbond substituents is 1. The number of rotatable bonds is 3. The monoisotopic (exact) mass is 229 g/mol. The summed E-state index contributed by atoms with van der Waals surface area (Å²) in [7, 11) is 0. The zero-order valence-electron chi connectivity index (χ0n) is 8.95. The van der Waals surface area contributed by atoms with Crippen molar-refractivity contribution in [1.82, 2.24) is 0 Å². The van der Waals surface area contributed by atoms with E-state index in [0.29, 0.717) is 17.1 Å². The quantitative estimate of drug-likeness (QED) is 0.483. The van der Waals surface area contributed by atoms with Gasteiger partial charge in [-0.25, -0.2) is 0 Å². The minimum atomic E-state index is -0.0610. The maximum atomic E-state index is 9.85. The fourth-order valence-corrected chi connectivity index (χ4v) is 1.40. The van der Waals surface area contributed by atoms with E-state index in [1.54, 1.807) is 30.3 Å². The van der Waals surface area contributed by atoms with Gasteiger partial charge < -0.3 is 15.1 Å². The van der Waals surface area contributed by atoms with Crippen molar-refractivity contribution in [3.8, 4) is 17.2 Å². The predicted molar refractivity (Wildman–Crippen MR) is 64.0 cm³/mol. The number of nitrogens with zero attached hydrogens (tertiary/aromatic N) is 1. The summed E-state index contributed by atoms with van der Waals surface area (Å²) in [6, 6.07) is 14.1. The summed E-state index contributed by atoms with van der Waals surface area (Å²) in [5, 5.41) is 21.2. The number of ether oxygens (including phenoxy) is 1. The van der Waals surface area contributed by atoms with E-state index in [0.717, 1.165) is 6.21 Å². The lowest BCUT2D eigenvalue weighted by Gasteiger charge is -2.08. The molecule has 0 unspecified atom stereocenters. The molecule has 0 aliphatic carbocycles. The van der Waals surface area contributed by atoms with Crippen LogP contribution in [0.1, 0.15) is 5.56 Å². The Balaban J connectivity index is 2.31. The highest BCUT2D eigenvalue weighted by molar-refractivity contribution is 5.84. The molecule has 0 atom stereocenters. The molecule has 17 heavy (non-hydrogen) atoms. The molecule has 2 aromatic carbocycles. The summed E-state index contributed by atoms with van der Waals surface area (Å²) in [5.74, 6) is 0.878. The van der Waals surface area contributed by atoms with Gasteiger partial charge in [0.1, 0.15) is 5.75 Å². The largest absolute Gasteiger partial charge is 0.504 e. The molecule has 86 valence electrons. The van der Waals surface area contributed by atoms with Crippen LogP contribution >= 0.6 is 0 Å². The fourth-order valence-electron chi connectivity index (χ4n) is 1.40. The Kier molecular flexibility index (Phi) is 3.25. The lowest BCUT2D eigenvalue weighted by atomic mass is 10.2. The van der Waals surface area contributed by atoms with Crippen LogP contribution < -0.4 is 4.74 Å². The molecule has 0 bridgehead atoms. The molecule has 0 radical (unpaired) electrons. The van der Waals surface area contributed by atoms with Crippen molar-refractivity contribution in [3.63, 3.8) is 0 Å². The van der Waals surface area contributed by atoms with Gasteiger partial charge in [-0.3, -0.25) is 0 Å². The Labute approximate surface area is 98.4 Å². The molecule has 0 spiro atoms. The number of benzene rings is 2. The van der Waals surface area contributed by atoms with Gasteiger partial charge in [0.2, 0.25) is 0 Å². The van der Waals surface area contributed by atoms with E-state index < -0.39 is 0 Å². The first-order valence-corrected chi connectivity index (χ1v) is 5.03. The Morgan fingerprint density at radius 3 is 2.47 bits per heavy atom. The highest BCUT2D eigenvalue weighted by Gasteiger charge is 2.07. The Morgan fingerprint density at radius 1 is 1.00 bits per heavy atom. The zero-order valence-corrected chi connectivity index (χ0v) is 8.95. The van der Waals surface area contributed by atoms with E-state index in [9.17, 15) is 5.11 Å². The maximum Gasteiger partial charge on any atom is 0.169 e. The van der Waals surface area contributed by atoms with Crippen molar-refractivity contribution in [3.05, 3.63) is 54.1 Å². The van der Waals surface area contributed by atoms with E-state index >= 15 is 0 Å². The molecule has 0 saturated heterocycles. The maximum absolute atomic E-state index is 9.85. The smallest absolute Gasteiger partial charge is 0.169 e. The van der Waals surface area contributed by atoms with Crippen LogP contribution in [0.4, 0.5) is 0 Å². The molecule has 2 rings (SSSR count). The molecule has 0 aliphatic heterocycles. The highest BCUT2D eigenvalue weighted by atomic mass is 16.5. The van der Waals surface area contributed by atoms with Crippen LogP contribution in [0.25, 0.3) is 0 Å². The first kappa shape index (κ1) is 11.0. The van der Waals surface area contributed by atoms with Crippen molar-refractivity contribution in [2.75, 3.05) is 0 Å². The molecule has 0 fully saturated rings. The molecular formula is C13H11NO3. The van der Waals surface area contributed by atoms with Crippen LogP contribution in [-0.4, -0.2) is 16.5 Å². The molecule has 2 aromatic rings. The lowest BCUT2D eigenvalue weighted by Crippen LogP contribution is -1.88. The minimum Gasteiger partial charge on any atom is -0.504 e. The van der Waals surface area contributed by atoms with Gasteiger partial charge in [-0.15, -0.1) is 0 Å². The van der Waals surface area contributed by atoms with Crippen LogP contribution in [0.5, 0.6) is 17.2 Å². The molecule has 4 heteroatoms. The molecule has 2 N–H and O–H groups in total. The van der Waals surface area contributed by atoms with Crippen molar-refractivity contribution < 1.29 is 15.1 Å². The predicted octanol–water partition coefficient (Wildman–Crippen LogP) is 2.99. The third-order valence-electron chi connectivity index (χ3n) is 2.20. The van der Waals surface area contributed by atoms with E-state index in [1.165, 1.54) is 0 Å². The van der Waals surface area contributed by atoms with Crippen LogP contribution in [0.3, 0.4) is 0 Å². The van der Waals surface area contributed by atoms with Gasteiger partial charge in [0, 0.05) is 5.56 Å². The molecular weight excluding hydrogens is 218 g/mol. The number of hydrogen-bond donors (Lipinski definition) is 2. The molecule has 0 heterocycles. The first-order valence-electron chi connectivity index (χ1n) is 5.03. The van der Waals surface area contributed by atoms with Gasteiger partial charge in [-0.1, -0.05) is 29.4 Å². The van der Waals surface area contributed by atoms with E-state index in [4.69, 9.17) is 9.94 Å². The molecule has 0 amide bonds. The van der Waals surface area contributed by atoms with E-state index in [2.05, 4.69) is 5.16 Å². The Hall–Kier alpha value is -2.49. The van der Waals surface area contributed by atoms with E-state index in [1.807, 2.05) is 18.2 Å². The van der Waals surface area contributed by atoms with Crippen molar-refractivity contribution in [2.24, 2.45) is 5.16 Å². The van der Waals surface area contributed by atoms with Crippen molar-refractivity contribution in [1.29, 1.82) is 0 Å². The minimum absolute atomic E-state index is 0.0610. The van der Waals surface area contributed by atoms with Gasteiger partial charge in [0.15, 0.2) is 11.5 Å². The highest BCUT2D eigenvalue weighted by Crippen LogP contribution is 2.32. The number of phenols is 1. The van der Waals surface area contributed by atoms with Crippen molar-refractivity contribution >= 4 is 6.21 Å². The molecule has 0 aromatic heterocycles.